The summed E-state index contributed by atoms with van der Waals surface area (Å²) in [7, 11) is 0. The number of alkyl halides is 6. The van der Waals surface area contributed by atoms with E-state index in [1.165, 1.54) is 92.9 Å². The Bertz CT molecular complexity index is 2500. The van der Waals surface area contributed by atoms with Crippen molar-refractivity contribution in [2.75, 3.05) is 26.4 Å². The normalized spacial score (nSPS) is 13.1. The average molecular weight is 883 g/mol. The van der Waals surface area contributed by atoms with Crippen LogP contribution >= 0.6 is 0 Å². The number of rotatable bonds is 19. The molecule has 2 N–H and O–H groups in total. The lowest BCUT2D eigenvalue weighted by molar-refractivity contribution is -0.138. The van der Waals surface area contributed by atoms with Crippen LogP contribution in [0.5, 0.6) is 11.5 Å². The SMILES string of the molecule is C=COCCCC(O)C(O)CCCOC(COc1ccc2cc(-c3ccc(C)cc3C(F)(F)F)c(=O)oc2c1)COc1ccc2cc(-c3ccc(C)cc3C(F)(F)F)c(=O)oc2c1. The van der Waals surface area contributed by atoms with E-state index in [2.05, 4.69) is 6.58 Å². The summed E-state index contributed by atoms with van der Waals surface area (Å²) >= 11 is 0. The first-order valence-corrected chi connectivity index (χ1v) is 19.9. The monoisotopic (exact) mass is 882 g/mol. The van der Waals surface area contributed by atoms with Crippen LogP contribution in [0.2, 0.25) is 0 Å². The summed E-state index contributed by atoms with van der Waals surface area (Å²) in [5.41, 5.74) is -4.20. The van der Waals surface area contributed by atoms with Crippen LogP contribution in [0.1, 0.15) is 47.9 Å². The van der Waals surface area contributed by atoms with Crippen LogP contribution in [-0.2, 0) is 21.8 Å². The highest BCUT2D eigenvalue weighted by Crippen LogP contribution is 2.39. The van der Waals surface area contributed by atoms with Gasteiger partial charge in [-0.3, -0.25) is 0 Å². The lowest BCUT2D eigenvalue weighted by Crippen LogP contribution is -2.30. The number of halogens is 6. The zero-order valence-corrected chi connectivity index (χ0v) is 34.2. The minimum absolute atomic E-state index is 0.0528. The molecule has 2 aromatic heterocycles. The molecule has 0 saturated heterocycles. The van der Waals surface area contributed by atoms with Gasteiger partial charge in [0.15, 0.2) is 0 Å². The van der Waals surface area contributed by atoms with Gasteiger partial charge in [0.25, 0.3) is 0 Å². The maximum atomic E-state index is 13.9. The fraction of sp³-hybridized carbons (Fsp3) is 0.319. The minimum atomic E-state index is -4.71. The molecule has 0 aliphatic heterocycles. The van der Waals surface area contributed by atoms with Crippen molar-refractivity contribution in [3.05, 3.63) is 141 Å². The molecule has 334 valence electrons. The number of hydrogen-bond acceptors (Lipinski definition) is 10. The standard InChI is InChI=1S/C47H44F6O10/c1-4-58-17-5-7-40(54)41(55)8-6-18-59-33(25-60-31-13-11-29-21-36(44(56)62-42(29)23-31)34-15-9-27(2)19-38(34)46(48,49)50)26-61-32-14-12-30-22-37(45(57)63-43(30)24-32)35-16-10-28(3)20-39(35)47(51,52)53/h4,9-16,19-24,33,40-41,54-55H,1,5-8,17-18,25-26H2,2-3H3. The number of ether oxygens (including phenoxy) is 4. The van der Waals surface area contributed by atoms with Gasteiger partial charge in [-0.1, -0.05) is 42.0 Å². The number of aliphatic hydroxyl groups excluding tert-OH is 2. The van der Waals surface area contributed by atoms with Gasteiger partial charge in [-0.25, -0.2) is 9.59 Å². The highest BCUT2D eigenvalue weighted by atomic mass is 19.4. The lowest BCUT2D eigenvalue weighted by Gasteiger charge is -2.21. The quantitative estimate of drug-likeness (QED) is 0.0350. The van der Waals surface area contributed by atoms with Crippen LogP contribution < -0.4 is 20.7 Å². The molecular weight excluding hydrogens is 838 g/mol. The highest BCUT2D eigenvalue weighted by Gasteiger charge is 2.36. The molecule has 0 amide bonds. The number of aryl methyl sites for hydroxylation is 2. The second kappa shape index (κ2) is 19.9. The third kappa shape index (κ3) is 11.9. The molecular formula is C47H44F6O10. The first-order valence-electron chi connectivity index (χ1n) is 19.9. The predicted molar refractivity (Wildman–Crippen MR) is 223 cm³/mol. The molecule has 0 radical (unpaired) electrons. The van der Waals surface area contributed by atoms with Crippen molar-refractivity contribution < 1.29 is 64.3 Å². The van der Waals surface area contributed by atoms with Crippen LogP contribution in [0.4, 0.5) is 26.3 Å². The van der Waals surface area contributed by atoms with Crippen LogP contribution in [0.3, 0.4) is 0 Å². The number of hydrogen-bond donors (Lipinski definition) is 2. The van der Waals surface area contributed by atoms with E-state index in [0.717, 1.165) is 12.1 Å². The van der Waals surface area contributed by atoms with Gasteiger partial charge < -0.3 is 38.0 Å². The van der Waals surface area contributed by atoms with Crippen LogP contribution in [-0.4, -0.2) is 55.0 Å². The van der Waals surface area contributed by atoms with Crippen LogP contribution in [0.15, 0.2) is 116 Å². The van der Waals surface area contributed by atoms with Gasteiger partial charge in [-0.2, -0.15) is 26.3 Å². The topological polar surface area (TPSA) is 138 Å². The van der Waals surface area contributed by atoms with Gasteiger partial charge in [-0.05, 0) is 88.1 Å². The summed E-state index contributed by atoms with van der Waals surface area (Å²) < 4.78 is 117. The third-order valence-corrected chi connectivity index (χ3v) is 10.1. The Kier molecular flexibility index (Phi) is 14.7. The molecule has 0 saturated carbocycles. The fourth-order valence-corrected chi connectivity index (χ4v) is 6.90. The van der Waals surface area contributed by atoms with E-state index in [1.54, 1.807) is 0 Å². The molecule has 6 aromatic rings. The van der Waals surface area contributed by atoms with Crippen molar-refractivity contribution in [1.82, 2.24) is 0 Å². The zero-order valence-electron chi connectivity index (χ0n) is 34.2. The molecule has 0 bridgehead atoms. The predicted octanol–water partition coefficient (Wildman–Crippen LogP) is 10.2. The summed E-state index contributed by atoms with van der Waals surface area (Å²) in [6, 6.07) is 18.9. The molecule has 2 unspecified atom stereocenters. The fourth-order valence-electron chi connectivity index (χ4n) is 6.90. The van der Waals surface area contributed by atoms with E-state index < -0.39 is 53.0 Å². The smallest absolute Gasteiger partial charge is 0.417 e. The van der Waals surface area contributed by atoms with E-state index in [1.807, 2.05) is 0 Å². The van der Waals surface area contributed by atoms with Crippen molar-refractivity contribution in [3.8, 4) is 33.8 Å². The molecule has 4 aromatic carbocycles. The molecule has 0 aliphatic rings. The first-order chi connectivity index (χ1) is 29.9. The highest BCUT2D eigenvalue weighted by molar-refractivity contribution is 5.84. The molecule has 0 spiro atoms. The Hall–Kier alpha value is -6.10. The van der Waals surface area contributed by atoms with Crippen molar-refractivity contribution in [2.24, 2.45) is 0 Å². The van der Waals surface area contributed by atoms with E-state index in [-0.39, 0.29) is 71.2 Å². The van der Waals surface area contributed by atoms with Crippen molar-refractivity contribution in [3.63, 3.8) is 0 Å². The Morgan fingerprint density at radius 1 is 0.619 bits per heavy atom. The van der Waals surface area contributed by atoms with E-state index in [4.69, 9.17) is 27.8 Å². The number of benzene rings is 4. The summed E-state index contributed by atoms with van der Waals surface area (Å²) in [4.78, 5) is 26.1. The summed E-state index contributed by atoms with van der Waals surface area (Å²) in [5.74, 6) is 0.450. The van der Waals surface area contributed by atoms with Gasteiger partial charge in [-0.15, -0.1) is 0 Å². The van der Waals surface area contributed by atoms with Crippen LogP contribution in [0.25, 0.3) is 44.2 Å². The van der Waals surface area contributed by atoms with E-state index in [9.17, 15) is 46.1 Å². The van der Waals surface area contributed by atoms with Gasteiger partial charge in [0.05, 0.1) is 47.3 Å². The van der Waals surface area contributed by atoms with Crippen molar-refractivity contribution in [2.45, 2.75) is 70.2 Å². The Morgan fingerprint density at radius 2 is 1.06 bits per heavy atom. The molecule has 2 heterocycles. The number of aliphatic hydroxyl groups is 2. The van der Waals surface area contributed by atoms with E-state index >= 15 is 0 Å². The average Bonchev–Trinajstić information content (AvgIpc) is 3.23. The second-order valence-corrected chi connectivity index (χ2v) is 15.0. The molecule has 10 nitrogen and oxygen atoms in total. The van der Waals surface area contributed by atoms with Gasteiger partial charge >= 0.3 is 23.6 Å². The Morgan fingerprint density at radius 3 is 1.49 bits per heavy atom. The van der Waals surface area contributed by atoms with Gasteiger partial charge in [0.2, 0.25) is 0 Å². The van der Waals surface area contributed by atoms with Crippen LogP contribution in [0, 0.1) is 13.8 Å². The largest absolute Gasteiger partial charge is 0.502 e. The second-order valence-electron chi connectivity index (χ2n) is 15.0. The molecule has 0 fully saturated rings. The summed E-state index contributed by atoms with van der Waals surface area (Å²) in [5, 5.41) is 21.5. The molecule has 6 rings (SSSR count). The molecule has 16 heteroatoms. The Balaban J connectivity index is 1.18. The lowest BCUT2D eigenvalue weighted by atomic mass is 9.98. The first kappa shape index (κ1) is 46.4. The van der Waals surface area contributed by atoms with Crippen molar-refractivity contribution in [1.29, 1.82) is 0 Å². The summed E-state index contributed by atoms with van der Waals surface area (Å²) in [6.07, 6.45) is -9.59. The molecule has 2 atom stereocenters. The maximum Gasteiger partial charge on any atom is 0.417 e. The van der Waals surface area contributed by atoms with Crippen molar-refractivity contribution >= 4 is 21.9 Å². The summed E-state index contributed by atoms with van der Waals surface area (Å²) in [6.45, 7) is 6.67. The molecule has 0 aliphatic carbocycles. The van der Waals surface area contributed by atoms with Gasteiger partial charge in [0.1, 0.15) is 42.0 Å². The number of fused-ring (bicyclic) bond motifs is 2. The van der Waals surface area contributed by atoms with Gasteiger partial charge in [0, 0.05) is 40.6 Å². The third-order valence-electron chi connectivity index (χ3n) is 10.1. The van der Waals surface area contributed by atoms with E-state index in [0.29, 0.717) is 47.8 Å². The maximum absolute atomic E-state index is 13.9. The minimum Gasteiger partial charge on any atom is -0.502 e. The Labute approximate surface area is 356 Å². The molecule has 63 heavy (non-hydrogen) atoms. The zero-order chi connectivity index (χ0) is 45.5.